The summed E-state index contributed by atoms with van der Waals surface area (Å²) in [5.41, 5.74) is 1.88. The fraction of sp³-hybridized carbons (Fsp3) is 0.267. The average Bonchev–Trinajstić information content (AvgIpc) is 2.85. The number of pyridine rings is 1. The monoisotopic (exact) mass is 301 g/mol. The van der Waals surface area contributed by atoms with E-state index in [0.717, 1.165) is 17.0 Å². The van der Waals surface area contributed by atoms with Gasteiger partial charge in [0.05, 0.1) is 16.8 Å². The molecule has 0 aromatic carbocycles. The minimum atomic E-state index is -0.281. The number of carbonyl (C=O) groups excluding carboxylic acids is 1. The molecule has 0 fully saturated rings. The number of aromatic nitrogens is 2. The number of aliphatic hydroxyl groups excluding tert-OH is 1. The van der Waals surface area contributed by atoms with Gasteiger partial charge in [-0.05, 0) is 19.4 Å². The van der Waals surface area contributed by atoms with E-state index < -0.39 is 0 Å². The van der Waals surface area contributed by atoms with Crippen molar-refractivity contribution in [2.24, 2.45) is 0 Å². The van der Waals surface area contributed by atoms with Gasteiger partial charge >= 0.3 is 0 Å². The second-order valence-electron chi connectivity index (χ2n) is 4.21. The Balaban J connectivity index is 2.24. The number of carbonyl (C=O) groups is 1. The van der Waals surface area contributed by atoms with Gasteiger partial charge in [-0.2, -0.15) is 0 Å². The maximum Gasteiger partial charge on any atom is 0.258 e. The third-order valence-electron chi connectivity index (χ3n) is 2.82. The summed E-state index contributed by atoms with van der Waals surface area (Å²) in [5.74, 6) is 4.95. The normalized spacial score (nSPS) is 9.86. The van der Waals surface area contributed by atoms with E-state index >= 15 is 0 Å². The van der Waals surface area contributed by atoms with Crippen LogP contribution in [0.5, 0.6) is 0 Å². The predicted molar refractivity (Wildman–Crippen MR) is 82.4 cm³/mol. The lowest BCUT2D eigenvalue weighted by atomic mass is 10.1. The Bertz CT molecular complexity index is 713. The third kappa shape index (κ3) is 3.66. The SMILES string of the molecule is CCc1nc(NC(=O)c2ccncc2C#CCO)sc1C. The number of aliphatic hydroxyl groups is 1. The van der Waals surface area contributed by atoms with E-state index in [0.29, 0.717) is 16.3 Å². The zero-order valence-electron chi connectivity index (χ0n) is 11.8. The number of thiazole rings is 1. The first kappa shape index (κ1) is 15.2. The molecule has 2 N–H and O–H groups in total. The van der Waals surface area contributed by atoms with E-state index in [1.165, 1.54) is 23.7 Å². The molecule has 2 aromatic heterocycles. The van der Waals surface area contributed by atoms with Crippen molar-refractivity contribution in [3.63, 3.8) is 0 Å². The summed E-state index contributed by atoms with van der Waals surface area (Å²) in [5, 5.41) is 12.1. The van der Waals surface area contributed by atoms with Gasteiger partial charge < -0.3 is 5.11 Å². The van der Waals surface area contributed by atoms with Gasteiger partial charge in [0, 0.05) is 17.3 Å². The molecule has 0 aliphatic rings. The van der Waals surface area contributed by atoms with Crippen LogP contribution in [0.3, 0.4) is 0 Å². The number of aryl methyl sites for hydroxylation is 2. The van der Waals surface area contributed by atoms with Crippen LogP contribution in [0, 0.1) is 18.8 Å². The minimum Gasteiger partial charge on any atom is -0.384 e. The van der Waals surface area contributed by atoms with Gasteiger partial charge in [-0.1, -0.05) is 18.8 Å². The molecule has 0 unspecified atom stereocenters. The quantitative estimate of drug-likeness (QED) is 0.850. The van der Waals surface area contributed by atoms with Crippen molar-refractivity contribution in [1.82, 2.24) is 9.97 Å². The second kappa shape index (κ2) is 6.97. The Kier molecular flexibility index (Phi) is 5.04. The van der Waals surface area contributed by atoms with Crippen LogP contribution in [0.2, 0.25) is 0 Å². The van der Waals surface area contributed by atoms with Crippen molar-refractivity contribution in [3.05, 3.63) is 40.2 Å². The molecular formula is C15H15N3O2S. The largest absolute Gasteiger partial charge is 0.384 e. The minimum absolute atomic E-state index is 0.262. The summed E-state index contributed by atoms with van der Waals surface area (Å²) in [4.78, 5) is 21.7. The molecule has 0 atom stereocenters. The number of anilines is 1. The van der Waals surface area contributed by atoms with Crippen LogP contribution in [0.4, 0.5) is 5.13 Å². The zero-order chi connectivity index (χ0) is 15.2. The summed E-state index contributed by atoms with van der Waals surface area (Å²) in [6.07, 6.45) is 3.87. The van der Waals surface area contributed by atoms with E-state index in [2.05, 4.69) is 27.1 Å². The molecule has 2 aromatic rings. The van der Waals surface area contributed by atoms with E-state index in [4.69, 9.17) is 5.11 Å². The first-order valence-corrected chi connectivity index (χ1v) is 7.28. The van der Waals surface area contributed by atoms with Crippen molar-refractivity contribution >= 4 is 22.4 Å². The zero-order valence-corrected chi connectivity index (χ0v) is 12.6. The molecule has 0 radical (unpaired) electrons. The Labute approximate surface area is 127 Å². The molecule has 0 saturated carbocycles. The number of nitrogens with one attached hydrogen (secondary N) is 1. The molecule has 0 aliphatic heterocycles. The molecule has 0 saturated heterocycles. The molecule has 6 heteroatoms. The van der Waals surface area contributed by atoms with Gasteiger partial charge in [-0.25, -0.2) is 4.98 Å². The van der Waals surface area contributed by atoms with Crippen LogP contribution >= 0.6 is 11.3 Å². The molecular weight excluding hydrogens is 286 g/mol. The maximum atomic E-state index is 12.3. The standard InChI is InChI=1S/C15H15N3O2S/c1-3-13-10(2)21-15(17-13)18-14(20)12-6-7-16-9-11(12)5-4-8-19/h6-7,9,19H,3,8H2,1-2H3,(H,17,18,20). The number of hydrogen-bond acceptors (Lipinski definition) is 5. The second-order valence-corrected chi connectivity index (χ2v) is 5.41. The van der Waals surface area contributed by atoms with Gasteiger partial charge in [0.1, 0.15) is 6.61 Å². The highest BCUT2D eigenvalue weighted by molar-refractivity contribution is 7.15. The maximum absolute atomic E-state index is 12.3. The van der Waals surface area contributed by atoms with Gasteiger partial charge in [0.25, 0.3) is 5.91 Å². The van der Waals surface area contributed by atoms with Crippen LogP contribution in [-0.4, -0.2) is 27.6 Å². The number of hydrogen-bond donors (Lipinski definition) is 2. The van der Waals surface area contributed by atoms with Gasteiger partial charge in [0.2, 0.25) is 0 Å². The van der Waals surface area contributed by atoms with Gasteiger partial charge in [-0.3, -0.25) is 15.1 Å². The fourth-order valence-corrected chi connectivity index (χ4v) is 2.70. The molecule has 2 heterocycles. The van der Waals surface area contributed by atoms with Crippen molar-refractivity contribution in [3.8, 4) is 11.8 Å². The van der Waals surface area contributed by atoms with Crippen molar-refractivity contribution in [1.29, 1.82) is 0 Å². The Morgan fingerprint density at radius 2 is 2.33 bits per heavy atom. The molecule has 21 heavy (non-hydrogen) atoms. The van der Waals surface area contributed by atoms with Gasteiger partial charge in [-0.15, -0.1) is 11.3 Å². The first-order chi connectivity index (χ1) is 10.2. The highest BCUT2D eigenvalue weighted by Gasteiger charge is 2.13. The molecule has 1 amide bonds. The summed E-state index contributed by atoms with van der Waals surface area (Å²) < 4.78 is 0. The van der Waals surface area contributed by atoms with E-state index in [1.54, 1.807) is 6.07 Å². The van der Waals surface area contributed by atoms with Gasteiger partial charge in [0.15, 0.2) is 5.13 Å². The first-order valence-electron chi connectivity index (χ1n) is 6.47. The Morgan fingerprint density at radius 3 is 3.00 bits per heavy atom. The van der Waals surface area contributed by atoms with Crippen LogP contribution in [0.1, 0.15) is 33.4 Å². The lowest BCUT2D eigenvalue weighted by Gasteiger charge is -2.03. The predicted octanol–water partition coefficient (Wildman–Crippen LogP) is 2.01. The Morgan fingerprint density at radius 1 is 1.52 bits per heavy atom. The molecule has 5 nitrogen and oxygen atoms in total. The summed E-state index contributed by atoms with van der Waals surface area (Å²) >= 11 is 1.45. The van der Waals surface area contributed by atoms with Crippen molar-refractivity contribution in [2.45, 2.75) is 20.3 Å². The van der Waals surface area contributed by atoms with Crippen LogP contribution < -0.4 is 5.32 Å². The summed E-state index contributed by atoms with van der Waals surface area (Å²) in [7, 11) is 0. The van der Waals surface area contributed by atoms with E-state index in [-0.39, 0.29) is 12.5 Å². The third-order valence-corrected chi connectivity index (χ3v) is 3.74. The molecule has 0 spiro atoms. The van der Waals surface area contributed by atoms with Crippen LogP contribution in [0.25, 0.3) is 0 Å². The lowest BCUT2D eigenvalue weighted by Crippen LogP contribution is -2.13. The Hall–Kier alpha value is -2.23. The van der Waals surface area contributed by atoms with Crippen LogP contribution in [-0.2, 0) is 6.42 Å². The van der Waals surface area contributed by atoms with E-state index in [1.807, 2.05) is 13.8 Å². The topological polar surface area (TPSA) is 75.1 Å². The summed E-state index contributed by atoms with van der Waals surface area (Å²) in [6.45, 7) is 3.75. The molecule has 2 rings (SSSR count). The summed E-state index contributed by atoms with van der Waals surface area (Å²) in [6, 6.07) is 1.60. The molecule has 108 valence electrons. The van der Waals surface area contributed by atoms with Crippen molar-refractivity contribution < 1.29 is 9.90 Å². The number of rotatable bonds is 3. The lowest BCUT2D eigenvalue weighted by molar-refractivity contribution is 0.102. The van der Waals surface area contributed by atoms with Crippen molar-refractivity contribution in [2.75, 3.05) is 11.9 Å². The molecule has 0 bridgehead atoms. The average molecular weight is 301 g/mol. The number of nitrogens with zero attached hydrogens (tertiary/aromatic N) is 2. The van der Waals surface area contributed by atoms with Crippen LogP contribution in [0.15, 0.2) is 18.5 Å². The smallest absolute Gasteiger partial charge is 0.258 e. The van der Waals surface area contributed by atoms with E-state index in [9.17, 15) is 4.79 Å². The highest BCUT2D eigenvalue weighted by atomic mass is 32.1. The molecule has 0 aliphatic carbocycles. The highest BCUT2D eigenvalue weighted by Crippen LogP contribution is 2.23. The number of amides is 1. The fourth-order valence-electron chi connectivity index (χ4n) is 1.80.